The second-order valence-corrected chi connectivity index (χ2v) is 9.01. The van der Waals surface area contributed by atoms with Gasteiger partial charge in [0.2, 0.25) is 0 Å². The average molecular weight is 470 g/mol. The second-order valence-electron chi connectivity index (χ2n) is 9.01. The highest BCUT2D eigenvalue weighted by Gasteiger charge is 2.34. The van der Waals surface area contributed by atoms with E-state index in [-0.39, 0.29) is 16.7 Å². The summed E-state index contributed by atoms with van der Waals surface area (Å²) in [7, 11) is 0. The van der Waals surface area contributed by atoms with Crippen LogP contribution in [-0.4, -0.2) is 14.6 Å². The van der Waals surface area contributed by atoms with Crippen molar-refractivity contribution in [1.29, 1.82) is 0 Å². The first-order chi connectivity index (χ1) is 16.9. The molecular formula is C28H21F3N4. The zero-order valence-corrected chi connectivity index (χ0v) is 18.7. The Morgan fingerprint density at radius 2 is 1.51 bits per heavy atom. The molecule has 0 radical (unpaired) electrons. The molecule has 0 saturated heterocycles. The van der Waals surface area contributed by atoms with Gasteiger partial charge in [0.15, 0.2) is 23.1 Å². The predicted molar refractivity (Wildman–Crippen MR) is 129 cm³/mol. The van der Waals surface area contributed by atoms with Gasteiger partial charge in [-0.1, -0.05) is 54.6 Å². The standard InChI is InChI=1S/C28H21F3N4/c29-23-12-11-20(24(30)25(23)31)21-15-33-35-16-22(17-5-2-1-3-6-17)26(34-27(21)35)18-7-9-19(10-8-18)28(32)13-4-14-28/h1-3,5-12,15-16H,4,13-14,32H2. The lowest BCUT2D eigenvalue weighted by atomic mass is 9.72. The van der Waals surface area contributed by atoms with E-state index in [0.29, 0.717) is 11.3 Å². The number of rotatable bonds is 4. The highest BCUT2D eigenvalue weighted by atomic mass is 19.2. The summed E-state index contributed by atoms with van der Waals surface area (Å²) in [5, 5.41) is 4.33. The van der Waals surface area contributed by atoms with E-state index in [0.717, 1.165) is 47.6 Å². The molecule has 4 nitrogen and oxygen atoms in total. The van der Waals surface area contributed by atoms with Crippen LogP contribution in [-0.2, 0) is 5.54 Å². The van der Waals surface area contributed by atoms with Gasteiger partial charge in [-0.2, -0.15) is 5.10 Å². The Hall–Kier alpha value is -3.97. The third-order valence-electron chi connectivity index (χ3n) is 6.88. The molecule has 5 aromatic rings. The summed E-state index contributed by atoms with van der Waals surface area (Å²) in [5.74, 6) is -4.04. The van der Waals surface area contributed by atoms with Gasteiger partial charge in [-0.3, -0.25) is 0 Å². The first-order valence-corrected chi connectivity index (χ1v) is 11.4. The van der Waals surface area contributed by atoms with E-state index in [9.17, 15) is 13.2 Å². The molecule has 2 N–H and O–H groups in total. The topological polar surface area (TPSA) is 56.2 Å². The van der Waals surface area contributed by atoms with Crippen molar-refractivity contribution in [2.24, 2.45) is 5.73 Å². The normalized spacial score (nSPS) is 14.7. The molecule has 2 aromatic heterocycles. The molecule has 6 rings (SSSR count). The van der Waals surface area contributed by atoms with Crippen LogP contribution in [0, 0.1) is 17.5 Å². The maximum atomic E-state index is 14.6. The minimum absolute atomic E-state index is 0.102. The number of benzene rings is 3. The number of hydrogen-bond donors (Lipinski definition) is 1. The first-order valence-electron chi connectivity index (χ1n) is 11.4. The molecule has 1 fully saturated rings. The molecule has 0 spiro atoms. The number of nitrogens with zero attached hydrogens (tertiary/aromatic N) is 3. The van der Waals surface area contributed by atoms with Gasteiger partial charge in [-0.25, -0.2) is 22.7 Å². The van der Waals surface area contributed by atoms with Crippen molar-refractivity contribution in [2.45, 2.75) is 24.8 Å². The molecule has 1 aliphatic carbocycles. The van der Waals surface area contributed by atoms with Gasteiger partial charge < -0.3 is 5.73 Å². The van der Waals surface area contributed by atoms with E-state index < -0.39 is 17.5 Å². The Morgan fingerprint density at radius 1 is 0.771 bits per heavy atom. The van der Waals surface area contributed by atoms with Crippen molar-refractivity contribution >= 4 is 5.65 Å². The Balaban J connectivity index is 1.55. The minimum Gasteiger partial charge on any atom is -0.321 e. The molecule has 0 unspecified atom stereocenters. The summed E-state index contributed by atoms with van der Waals surface area (Å²) in [6.07, 6.45) is 6.28. The Kier molecular flexibility index (Phi) is 4.96. The number of hydrogen-bond acceptors (Lipinski definition) is 3. The quantitative estimate of drug-likeness (QED) is 0.306. The van der Waals surface area contributed by atoms with E-state index in [4.69, 9.17) is 10.7 Å². The molecule has 1 saturated carbocycles. The third kappa shape index (κ3) is 3.51. The molecule has 0 atom stereocenters. The minimum atomic E-state index is -1.52. The van der Waals surface area contributed by atoms with Crippen molar-refractivity contribution < 1.29 is 13.2 Å². The van der Waals surface area contributed by atoms with Gasteiger partial charge in [0.1, 0.15) is 0 Å². The zero-order valence-electron chi connectivity index (χ0n) is 18.7. The lowest BCUT2D eigenvalue weighted by molar-refractivity contribution is 0.253. The Bertz CT molecular complexity index is 1560. The average Bonchev–Trinajstić information content (AvgIpc) is 3.28. The highest BCUT2D eigenvalue weighted by molar-refractivity contribution is 5.85. The van der Waals surface area contributed by atoms with Crippen LogP contribution in [0.5, 0.6) is 0 Å². The molecule has 2 heterocycles. The summed E-state index contributed by atoms with van der Waals surface area (Å²) in [5.41, 5.74) is 11.1. The summed E-state index contributed by atoms with van der Waals surface area (Å²) >= 11 is 0. The van der Waals surface area contributed by atoms with Crippen LogP contribution >= 0.6 is 0 Å². The van der Waals surface area contributed by atoms with Crippen molar-refractivity contribution in [3.63, 3.8) is 0 Å². The predicted octanol–water partition coefficient (Wildman–Crippen LogP) is 6.49. The van der Waals surface area contributed by atoms with Gasteiger partial charge in [0, 0.05) is 34.0 Å². The number of nitrogens with two attached hydrogens (primary N) is 1. The number of fused-ring (bicyclic) bond motifs is 1. The Morgan fingerprint density at radius 3 is 2.20 bits per heavy atom. The van der Waals surface area contributed by atoms with Gasteiger partial charge in [-0.15, -0.1) is 0 Å². The van der Waals surface area contributed by atoms with E-state index in [2.05, 4.69) is 5.10 Å². The monoisotopic (exact) mass is 470 g/mol. The number of halogens is 3. The van der Waals surface area contributed by atoms with Crippen LogP contribution < -0.4 is 5.73 Å². The molecule has 1 aliphatic rings. The summed E-state index contributed by atoms with van der Waals surface area (Å²) in [4.78, 5) is 4.86. The van der Waals surface area contributed by atoms with Crippen molar-refractivity contribution in [1.82, 2.24) is 14.6 Å². The molecule has 0 aliphatic heterocycles. The molecule has 0 amide bonds. The largest absolute Gasteiger partial charge is 0.321 e. The van der Waals surface area contributed by atoms with Gasteiger partial charge >= 0.3 is 0 Å². The van der Waals surface area contributed by atoms with Crippen molar-refractivity contribution in [2.75, 3.05) is 0 Å². The molecule has 35 heavy (non-hydrogen) atoms. The number of aromatic nitrogens is 3. The molecule has 7 heteroatoms. The van der Waals surface area contributed by atoms with Gasteiger partial charge in [0.05, 0.1) is 11.9 Å². The fraction of sp³-hybridized carbons (Fsp3) is 0.143. The molecule has 0 bridgehead atoms. The van der Waals surface area contributed by atoms with Crippen LogP contribution in [0.1, 0.15) is 24.8 Å². The smallest absolute Gasteiger partial charge is 0.195 e. The Labute approximate surface area is 199 Å². The summed E-state index contributed by atoms with van der Waals surface area (Å²) < 4.78 is 43.7. The first kappa shape index (κ1) is 21.6. The lowest BCUT2D eigenvalue weighted by Gasteiger charge is -2.38. The van der Waals surface area contributed by atoms with E-state index in [1.807, 2.05) is 60.8 Å². The fourth-order valence-electron chi connectivity index (χ4n) is 4.69. The van der Waals surface area contributed by atoms with Crippen LogP contribution in [0.3, 0.4) is 0 Å². The van der Waals surface area contributed by atoms with Crippen LogP contribution in [0.15, 0.2) is 79.1 Å². The van der Waals surface area contributed by atoms with E-state index >= 15 is 0 Å². The van der Waals surface area contributed by atoms with Gasteiger partial charge in [0.25, 0.3) is 0 Å². The lowest BCUT2D eigenvalue weighted by Crippen LogP contribution is -2.43. The third-order valence-corrected chi connectivity index (χ3v) is 6.88. The maximum absolute atomic E-state index is 14.6. The fourth-order valence-corrected chi connectivity index (χ4v) is 4.69. The van der Waals surface area contributed by atoms with Crippen LogP contribution in [0.25, 0.3) is 39.2 Å². The van der Waals surface area contributed by atoms with E-state index in [1.165, 1.54) is 16.8 Å². The van der Waals surface area contributed by atoms with Crippen LogP contribution in [0.4, 0.5) is 13.2 Å². The van der Waals surface area contributed by atoms with Crippen LogP contribution in [0.2, 0.25) is 0 Å². The van der Waals surface area contributed by atoms with E-state index in [1.54, 1.807) is 0 Å². The SMILES string of the molecule is NC1(c2ccc(-c3nc4c(-c5ccc(F)c(F)c5F)cnn4cc3-c3ccccc3)cc2)CCC1. The molecule has 174 valence electrons. The second kappa shape index (κ2) is 8.06. The maximum Gasteiger partial charge on any atom is 0.195 e. The highest BCUT2D eigenvalue weighted by Crippen LogP contribution is 2.40. The summed E-state index contributed by atoms with van der Waals surface area (Å²) in [6, 6.07) is 19.9. The molecular weight excluding hydrogens is 449 g/mol. The molecule has 3 aromatic carbocycles. The van der Waals surface area contributed by atoms with Gasteiger partial charge in [-0.05, 0) is 42.5 Å². The van der Waals surface area contributed by atoms with Crippen molar-refractivity contribution in [3.05, 3.63) is 102 Å². The summed E-state index contributed by atoms with van der Waals surface area (Å²) in [6.45, 7) is 0. The van der Waals surface area contributed by atoms with Crippen molar-refractivity contribution in [3.8, 4) is 33.5 Å². The zero-order chi connectivity index (χ0) is 24.2.